The van der Waals surface area contributed by atoms with E-state index in [4.69, 9.17) is 5.84 Å². The van der Waals surface area contributed by atoms with Crippen LogP contribution in [0.5, 0.6) is 0 Å². The largest absolute Gasteiger partial charge is 0.372 e. The number of halogens is 1. The molecule has 3 aromatic rings. The van der Waals surface area contributed by atoms with Crippen LogP contribution >= 0.6 is 0 Å². The van der Waals surface area contributed by atoms with Crippen LogP contribution in [0.3, 0.4) is 0 Å². The van der Waals surface area contributed by atoms with E-state index in [1.54, 1.807) is 0 Å². The zero-order valence-electron chi connectivity index (χ0n) is 17.7. The number of anilines is 2. The Hall–Kier alpha value is -3.46. The van der Waals surface area contributed by atoms with Crippen molar-refractivity contribution in [3.63, 3.8) is 0 Å². The van der Waals surface area contributed by atoms with E-state index in [-0.39, 0.29) is 17.3 Å². The van der Waals surface area contributed by atoms with E-state index in [2.05, 4.69) is 44.5 Å². The van der Waals surface area contributed by atoms with Crippen LogP contribution in [0.2, 0.25) is 0 Å². The molecule has 0 radical (unpaired) electrons. The van der Waals surface area contributed by atoms with Gasteiger partial charge in [0, 0.05) is 62.3 Å². The standard InChI is InChI=1S/C23H26FN7O/c24-19-14-26-8-7-18(19)20-13-22(32)31(25)23(28-20)30-12-9-27-21(15-30)16-3-5-17(6-4-16)29-10-1-2-11-29/h3-8,13-14,21,27H,1-2,9-12,15,25H2/t21-/m1/s1. The molecule has 4 heterocycles. The molecule has 2 aromatic heterocycles. The van der Waals surface area contributed by atoms with Crippen molar-refractivity contribution in [2.24, 2.45) is 0 Å². The Morgan fingerprint density at radius 3 is 2.59 bits per heavy atom. The Morgan fingerprint density at radius 1 is 1.06 bits per heavy atom. The van der Waals surface area contributed by atoms with Crippen molar-refractivity contribution in [1.29, 1.82) is 0 Å². The fourth-order valence-corrected chi connectivity index (χ4v) is 4.47. The number of nitrogen functional groups attached to an aromatic ring is 1. The lowest BCUT2D eigenvalue weighted by atomic mass is 10.0. The molecule has 166 valence electrons. The first-order chi connectivity index (χ1) is 15.6. The second kappa shape index (κ2) is 8.58. The number of aromatic nitrogens is 3. The van der Waals surface area contributed by atoms with E-state index in [0.29, 0.717) is 25.6 Å². The molecule has 2 saturated heterocycles. The summed E-state index contributed by atoms with van der Waals surface area (Å²) in [4.78, 5) is 25.2. The highest BCUT2D eigenvalue weighted by Crippen LogP contribution is 2.26. The molecule has 0 unspecified atom stereocenters. The summed E-state index contributed by atoms with van der Waals surface area (Å²) in [5.74, 6) is 5.83. The third-order valence-corrected chi connectivity index (χ3v) is 6.21. The number of piperazine rings is 1. The maximum absolute atomic E-state index is 14.2. The molecule has 0 saturated carbocycles. The first-order valence-electron chi connectivity index (χ1n) is 10.9. The van der Waals surface area contributed by atoms with E-state index < -0.39 is 11.4 Å². The van der Waals surface area contributed by atoms with Crippen LogP contribution < -0.4 is 26.5 Å². The summed E-state index contributed by atoms with van der Waals surface area (Å²) in [7, 11) is 0. The summed E-state index contributed by atoms with van der Waals surface area (Å²) in [6, 6.07) is 11.5. The predicted octanol–water partition coefficient (Wildman–Crippen LogP) is 1.91. The molecule has 2 fully saturated rings. The van der Waals surface area contributed by atoms with E-state index >= 15 is 0 Å². The summed E-state index contributed by atoms with van der Waals surface area (Å²) in [5, 5.41) is 3.53. The number of nitrogens with two attached hydrogens (primary N) is 1. The summed E-state index contributed by atoms with van der Waals surface area (Å²) in [6.45, 7) is 4.16. The molecule has 3 N–H and O–H groups in total. The molecule has 0 bridgehead atoms. The lowest BCUT2D eigenvalue weighted by Gasteiger charge is -2.35. The lowest BCUT2D eigenvalue weighted by molar-refractivity contribution is 0.463. The van der Waals surface area contributed by atoms with Crippen molar-refractivity contribution < 1.29 is 4.39 Å². The second-order valence-electron chi connectivity index (χ2n) is 8.24. The van der Waals surface area contributed by atoms with Gasteiger partial charge in [-0.05, 0) is 36.6 Å². The van der Waals surface area contributed by atoms with Crippen LogP contribution in [0.15, 0.2) is 53.6 Å². The topological polar surface area (TPSA) is 92.3 Å². The third kappa shape index (κ3) is 3.91. The average Bonchev–Trinajstić information content (AvgIpc) is 3.36. The van der Waals surface area contributed by atoms with E-state index in [1.165, 1.54) is 42.4 Å². The first-order valence-corrected chi connectivity index (χ1v) is 10.9. The van der Waals surface area contributed by atoms with Crippen LogP contribution in [0.25, 0.3) is 11.3 Å². The van der Waals surface area contributed by atoms with Gasteiger partial charge >= 0.3 is 0 Å². The zero-order chi connectivity index (χ0) is 22.1. The maximum atomic E-state index is 14.2. The van der Waals surface area contributed by atoms with Gasteiger partial charge in [0.2, 0.25) is 5.95 Å². The van der Waals surface area contributed by atoms with E-state index in [1.807, 2.05) is 4.90 Å². The normalized spacial score (nSPS) is 18.8. The van der Waals surface area contributed by atoms with E-state index in [9.17, 15) is 9.18 Å². The summed E-state index contributed by atoms with van der Waals surface area (Å²) >= 11 is 0. The quantitative estimate of drug-likeness (QED) is 0.605. The van der Waals surface area contributed by atoms with Gasteiger partial charge in [-0.15, -0.1) is 0 Å². The van der Waals surface area contributed by atoms with Crippen molar-refractivity contribution in [2.75, 3.05) is 48.4 Å². The van der Waals surface area contributed by atoms with Gasteiger partial charge in [-0.1, -0.05) is 12.1 Å². The fourth-order valence-electron chi connectivity index (χ4n) is 4.47. The minimum Gasteiger partial charge on any atom is -0.372 e. The van der Waals surface area contributed by atoms with Gasteiger partial charge in [-0.2, -0.15) is 4.68 Å². The molecule has 5 rings (SSSR count). The monoisotopic (exact) mass is 435 g/mol. The molecular formula is C23H26FN7O. The summed E-state index contributed by atoms with van der Waals surface area (Å²) < 4.78 is 15.3. The van der Waals surface area contributed by atoms with Gasteiger partial charge in [0.15, 0.2) is 5.82 Å². The number of pyridine rings is 1. The van der Waals surface area contributed by atoms with Gasteiger partial charge in [0.25, 0.3) is 5.56 Å². The molecule has 2 aliphatic rings. The van der Waals surface area contributed by atoms with Crippen molar-refractivity contribution in [1.82, 2.24) is 20.0 Å². The molecule has 2 aliphatic heterocycles. The fraction of sp³-hybridized carbons (Fsp3) is 0.348. The second-order valence-corrected chi connectivity index (χ2v) is 8.24. The van der Waals surface area contributed by atoms with Crippen LogP contribution in [-0.2, 0) is 0 Å². The highest BCUT2D eigenvalue weighted by atomic mass is 19.1. The third-order valence-electron chi connectivity index (χ3n) is 6.21. The van der Waals surface area contributed by atoms with Gasteiger partial charge in [0.05, 0.1) is 11.9 Å². The van der Waals surface area contributed by atoms with Crippen LogP contribution in [0.1, 0.15) is 24.4 Å². The Labute approximate surface area is 185 Å². The minimum atomic E-state index is -0.531. The van der Waals surface area contributed by atoms with Gasteiger partial charge in [-0.3, -0.25) is 9.78 Å². The number of hydrogen-bond acceptors (Lipinski definition) is 7. The van der Waals surface area contributed by atoms with Crippen molar-refractivity contribution in [3.8, 4) is 11.3 Å². The van der Waals surface area contributed by atoms with Crippen molar-refractivity contribution >= 4 is 11.6 Å². The Bertz CT molecular complexity index is 1160. The predicted molar refractivity (Wildman–Crippen MR) is 123 cm³/mol. The number of nitrogens with one attached hydrogen (secondary N) is 1. The highest BCUT2D eigenvalue weighted by Gasteiger charge is 2.25. The average molecular weight is 436 g/mol. The van der Waals surface area contributed by atoms with Gasteiger partial charge in [0.1, 0.15) is 0 Å². The zero-order valence-corrected chi connectivity index (χ0v) is 17.7. The number of hydrogen-bond donors (Lipinski definition) is 2. The van der Waals surface area contributed by atoms with E-state index in [0.717, 1.165) is 24.0 Å². The molecule has 8 nitrogen and oxygen atoms in total. The number of benzene rings is 1. The number of rotatable bonds is 4. The molecular weight excluding hydrogens is 409 g/mol. The molecule has 1 atom stereocenters. The van der Waals surface area contributed by atoms with Gasteiger partial charge in [-0.25, -0.2) is 9.37 Å². The molecule has 32 heavy (non-hydrogen) atoms. The SMILES string of the molecule is Nn1c(N2CCN[C@@H](c3ccc(N4CCCC4)cc3)C2)nc(-c2ccncc2F)cc1=O. The summed E-state index contributed by atoms with van der Waals surface area (Å²) in [5.41, 5.74) is 2.45. The first kappa shape index (κ1) is 20.4. The Kier molecular flexibility index (Phi) is 5.48. The Balaban J connectivity index is 1.40. The van der Waals surface area contributed by atoms with Crippen LogP contribution in [-0.4, -0.2) is 47.4 Å². The maximum Gasteiger partial charge on any atom is 0.273 e. The Morgan fingerprint density at radius 2 is 1.84 bits per heavy atom. The molecule has 0 aliphatic carbocycles. The van der Waals surface area contributed by atoms with Crippen LogP contribution in [0.4, 0.5) is 16.0 Å². The minimum absolute atomic E-state index is 0.0644. The van der Waals surface area contributed by atoms with Crippen molar-refractivity contribution in [3.05, 3.63) is 70.5 Å². The van der Waals surface area contributed by atoms with Crippen LogP contribution in [0, 0.1) is 5.82 Å². The smallest absolute Gasteiger partial charge is 0.273 e. The molecule has 0 amide bonds. The summed E-state index contributed by atoms with van der Waals surface area (Å²) in [6.07, 6.45) is 5.08. The van der Waals surface area contributed by atoms with Gasteiger partial charge < -0.3 is 21.0 Å². The molecule has 0 spiro atoms. The lowest BCUT2D eigenvalue weighted by Crippen LogP contribution is -2.48. The highest BCUT2D eigenvalue weighted by molar-refractivity contribution is 5.60. The molecule has 1 aromatic carbocycles. The van der Waals surface area contributed by atoms with Crippen molar-refractivity contribution in [2.45, 2.75) is 18.9 Å². The number of nitrogens with zero attached hydrogens (tertiary/aromatic N) is 5. The molecule has 9 heteroatoms.